The maximum absolute atomic E-state index is 13.7. The molecule has 0 saturated heterocycles. The van der Waals surface area contributed by atoms with Gasteiger partial charge < -0.3 is 5.32 Å². The Labute approximate surface area is 121 Å². The minimum Gasteiger partial charge on any atom is -0.310 e. The van der Waals surface area contributed by atoms with E-state index >= 15 is 0 Å². The second-order valence-electron chi connectivity index (χ2n) is 5.06. The maximum atomic E-state index is 13.7. The minimum atomic E-state index is -0.579. The van der Waals surface area contributed by atoms with Crippen molar-refractivity contribution in [2.24, 2.45) is 0 Å². The number of hydrogen-bond donors (Lipinski definition) is 1. The van der Waals surface area contributed by atoms with Crippen LogP contribution in [-0.2, 0) is 6.54 Å². The minimum absolute atomic E-state index is 0.0314. The monoisotopic (exact) mass is 293 g/mol. The normalized spacial score (nSPS) is 14.6. The lowest BCUT2D eigenvalue weighted by Gasteiger charge is -2.09. The van der Waals surface area contributed by atoms with Crippen molar-refractivity contribution in [3.63, 3.8) is 0 Å². The molecule has 0 heterocycles. The van der Waals surface area contributed by atoms with Crippen LogP contribution in [-0.4, -0.2) is 6.04 Å². The summed E-state index contributed by atoms with van der Waals surface area (Å²) in [4.78, 5) is 0. The van der Waals surface area contributed by atoms with Gasteiger partial charge in [-0.1, -0.05) is 29.8 Å². The van der Waals surface area contributed by atoms with Gasteiger partial charge in [0, 0.05) is 17.6 Å². The van der Waals surface area contributed by atoms with E-state index < -0.39 is 11.6 Å². The van der Waals surface area contributed by atoms with E-state index in [4.69, 9.17) is 11.6 Å². The second-order valence-corrected chi connectivity index (χ2v) is 5.47. The number of nitrogens with one attached hydrogen (secondary N) is 1. The fourth-order valence-corrected chi connectivity index (χ4v) is 2.41. The van der Waals surface area contributed by atoms with Gasteiger partial charge in [0.1, 0.15) is 11.6 Å². The van der Waals surface area contributed by atoms with E-state index in [2.05, 4.69) is 5.32 Å². The van der Waals surface area contributed by atoms with Gasteiger partial charge in [0.15, 0.2) is 0 Å². The average molecular weight is 294 g/mol. The lowest BCUT2D eigenvalue weighted by Crippen LogP contribution is -2.15. The zero-order valence-electron chi connectivity index (χ0n) is 10.8. The Bertz CT molecular complexity index is 618. The zero-order chi connectivity index (χ0) is 14.1. The number of hydrogen-bond acceptors (Lipinski definition) is 1. The molecule has 3 rings (SSSR count). The van der Waals surface area contributed by atoms with E-state index in [1.54, 1.807) is 12.1 Å². The molecule has 0 amide bonds. The van der Waals surface area contributed by atoms with E-state index in [1.165, 1.54) is 31.0 Å². The molecule has 0 radical (unpaired) electrons. The topological polar surface area (TPSA) is 12.0 Å². The highest BCUT2D eigenvalue weighted by atomic mass is 35.5. The Balaban J connectivity index is 1.89. The van der Waals surface area contributed by atoms with Crippen LogP contribution in [0.2, 0.25) is 5.02 Å². The SMILES string of the molecule is Fc1cccc(F)c1-c1ccc(CNC2CC2)c(Cl)c1. The molecular formula is C16H14ClF2N. The fraction of sp³-hybridized carbons (Fsp3) is 0.250. The van der Waals surface area contributed by atoms with Crippen molar-refractivity contribution in [2.75, 3.05) is 0 Å². The van der Waals surface area contributed by atoms with Crippen molar-refractivity contribution in [1.29, 1.82) is 0 Å². The van der Waals surface area contributed by atoms with Crippen LogP contribution in [0.5, 0.6) is 0 Å². The predicted octanol–water partition coefficient (Wildman–Crippen LogP) is 4.54. The standard InChI is InChI=1S/C16H14ClF2N/c17-13-8-10(16-14(18)2-1-3-15(16)19)4-5-11(13)9-20-12-6-7-12/h1-5,8,12,20H,6-7,9H2. The molecule has 1 nitrogen and oxygen atoms in total. The van der Waals surface area contributed by atoms with Crippen LogP contribution in [0.3, 0.4) is 0 Å². The molecule has 0 atom stereocenters. The highest BCUT2D eigenvalue weighted by Crippen LogP contribution is 2.30. The molecular weight excluding hydrogens is 280 g/mol. The first kappa shape index (κ1) is 13.5. The smallest absolute Gasteiger partial charge is 0.133 e. The first-order valence-corrected chi connectivity index (χ1v) is 6.99. The van der Waals surface area contributed by atoms with Gasteiger partial charge in [-0.2, -0.15) is 0 Å². The Morgan fingerprint density at radius 1 is 1.10 bits per heavy atom. The van der Waals surface area contributed by atoms with Gasteiger partial charge in [-0.05, 0) is 42.2 Å². The molecule has 1 saturated carbocycles. The summed E-state index contributed by atoms with van der Waals surface area (Å²) in [5.74, 6) is -1.16. The quantitative estimate of drug-likeness (QED) is 0.873. The maximum Gasteiger partial charge on any atom is 0.133 e. The molecule has 104 valence electrons. The summed E-state index contributed by atoms with van der Waals surface area (Å²) >= 11 is 6.20. The van der Waals surface area contributed by atoms with E-state index in [0.29, 0.717) is 23.2 Å². The summed E-state index contributed by atoms with van der Waals surface area (Å²) in [5.41, 5.74) is 1.37. The lowest BCUT2D eigenvalue weighted by atomic mass is 10.0. The van der Waals surface area contributed by atoms with Gasteiger partial charge in [0.25, 0.3) is 0 Å². The van der Waals surface area contributed by atoms with Gasteiger partial charge >= 0.3 is 0 Å². The molecule has 0 aromatic heterocycles. The molecule has 0 bridgehead atoms. The van der Waals surface area contributed by atoms with Crippen LogP contribution in [0, 0.1) is 11.6 Å². The van der Waals surface area contributed by atoms with E-state index in [9.17, 15) is 8.78 Å². The molecule has 0 unspecified atom stereocenters. The molecule has 1 N–H and O–H groups in total. The Morgan fingerprint density at radius 3 is 2.40 bits per heavy atom. The van der Waals surface area contributed by atoms with E-state index in [0.717, 1.165) is 5.56 Å². The third-order valence-corrected chi connectivity index (χ3v) is 3.81. The summed E-state index contributed by atoms with van der Waals surface area (Å²) in [7, 11) is 0. The van der Waals surface area contributed by atoms with Crippen molar-refractivity contribution in [2.45, 2.75) is 25.4 Å². The zero-order valence-corrected chi connectivity index (χ0v) is 11.6. The van der Waals surface area contributed by atoms with Crippen LogP contribution < -0.4 is 5.32 Å². The van der Waals surface area contributed by atoms with Gasteiger partial charge in [0.05, 0.1) is 5.56 Å². The molecule has 1 aliphatic rings. The van der Waals surface area contributed by atoms with Crippen LogP contribution in [0.15, 0.2) is 36.4 Å². The first-order valence-electron chi connectivity index (χ1n) is 6.61. The van der Waals surface area contributed by atoms with Crippen LogP contribution in [0.1, 0.15) is 18.4 Å². The van der Waals surface area contributed by atoms with Crippen molar-refractivity contribution >= 4 is 11.6 Å². The van der Waals surface area contributed by atoms with Gasteiger partial charge in [0.2, 0.25) is 0 Å². The Morgan fingerprint density at radius 2 is 1.80 bits per heavy atom. The van der Waals surface area contributed by atoms with Crippen LogP contribution in [0.25, 0.3) is 11.1 Å². The summed E-state index contributed by atoms with van der Waals surface area (Å²) in [6.07, 6.45) is 2.41. The van der Waals surface area contributed by atoms with Gasteiger partial charge in [-0.3, -0.25) is 0 Å². The molecule has 2 aromatic carbocycles. The Kier molecular flexibility index (Phi) is 3.72. The molecule has 1 fully saturated rings. The molecule has 20 heavy (non-hydrogen) atoms. The third-order valence-electron chi connectivity index (χ3n) is 3.46. The van der Waals surface area contributed by atoms with Crippen LogP contribution in [0.4, 0.5) is 8.78 Å². The molecule has 4 heteroatoms. The number of halogens is 3. The van der Waals surface area contributed by atoms with Crippen LogP contribution >= 0.6 is 11.6 Å². The molecule has 0 spiro atoms. The summed E-state index contributed by atoms with van der Waals surface area (Å²) in [6, 6.07) is 9.58. The lowest BCUT2D eigenvalue weighted by molar-refractivity contribution is 0.589. The van der Waals surface area contributed by atoms with Gasteiger partial charge in [-0.15, -0.1) is 0 Å². The van der Waals surface area contributed by atoms with Crippen molar-refractivity contribution < 1.29 is 8.78 Å². The molecule has 2 aromatic rings. The largest absolute Gasteiger partial charge is 0.310 e. The highest BCUT2D eigenvalue weighted by molar-refractivity contribution is 6.31. The Hall–Kier alpha value is -1.45. The number of rotatable bonds is 4. The van der Waals surface area contributed by atoms with E-state index in [-0.39, 0.29) is 5.56 Å². The van der Waals surface area contributed by atoms with Crippen molar-refractivity contribution in [3.8, 4) is 11.1 Å². The van der Waals surface area contributed by atoms with Crippen molar-refractivity contribution in [3.05, 3.63) is 58.6 Å². The summed E-state index contributed by atoms with van der Waals surface area (Å²) in [6.45, 7) is 0.684. The molecule has 0 aliphatic heterocycles. The second kappa shape index (κ2) is 5.51. The average Bonchev–Trinajstić information content (AvgIpc) is 3.21. The fourth-order valence-electron chi connectivity index (χ4n) is 2.16. The summed E-state index contributed by atoms with van der Waals surface area (Å²) in [5, 5.41) is 3.89. The predicted molar refractivity (Wildman–Crippen MR) is 76.7 cm³/mol. The third kappa shape index (κ3) is 2.84. The first-order chi connectivity index (χ1) is 9.65. The molecule has 1 aliphatic carbocycles. The van der Waals surface area contributed by atoms with E-state index in [1.807, 2.05) is 6.07 Å². The highest BCUT2D eigenvalue weighted by Gasteiger charge is 2.20. The van der Waals surface area contributed by atoms with Crippen molar-refractivity contribution in [1.82, 2.24) is 5.32 Å². The van der Waals surface area contributed by atoms with Gasteiger partial charge in [-0.25, -0.2) is 8.78 Å². The number of benzene rings is 2. The summed E-state index contributed by atoms with van der Waals surface area (Å²) < 4.78 is 27.5.